The molecule has 1 fully saturated rings. The van der Waals surface area contributed by atoms with Gasteiger partial charge in [0.25, 0.3) is 12.3 Å². The van der Waals surface area contributed by atoms with Crippen LogP contribution >= 0.6 is 58.0 Å². The smallest absolute Gasteiger partial charge is 0.255 e. The molecule has 2 aromatic carbocycles. The average Bonchev–Trinajstić information content (AvgIpc) is 3.22. The molecule has 0 aromatic heterocycles. The number of benzene rings is 2. The lowest BCUT2D eigenvalue weighted by Crippen LogP contribution is -2.28. The van der Waals surface area contributed by atoms with Crippen LogP contribution in [0.25, 0.3) is 0 Å². The van der Waals surface area contributed by atoms with Crippen molar-refractivity contribution in [2.24, 2.45) is 5.92 Å². The largest absolute Gasteiger partial charge is 0.346 e. The lowest BCUT2D eigenvalue weighted by molar-refractivity contribution is -0.117. The molecule has 160 valence electrons. The van der Waals surface area contributed by atoms with Crippen molar-refractivity contribution in [2.45, 2.75) is 16.7 Å². The third kappa shape index (κ3) is 5.11. The highest BCUT2D eigenvalue weighted by Crippen LogP contribution is 2.65. The molecule has 0 heterocycles. The second kappa shape index (κ2) is 9.05. The van der Waals surface area contributed by atoms with E-state index in [0.717, 1.165) is 0 Å². The van der Waals surface area contributed by atoms with E-state index in [9.17, 15) is 18.4 Å². The van der Waals surface area contributed by atoms with E-state index in [0.29, 0.717) is 15.6 Å². The number of rotatable bonds is 6. The Labute approximate surface area is 195 Å². The number of alkyl halides is 4. The third-order valence-corrected chi connectivity index (χ3v) is 6.18. The fourth-order valence-electron chi connectivity index (χ4n) is 3.08. The van der Waals surface area contributed by atoms with Crippen LogP contribution in [0.5, 0.6) is 0 Å². The summed E-state index contributed by atoms with van der Waals surface area (Å²) in [6.45, 7) is -0.821. The van der Waals surface area contributed by atoms with Gasteiger partial charge in [-0.2, -0.15) is 0 Å². The SMILES string of the molecule is O=C(NCC(F)F)c1cc(NC(=O)[C@H]2[C@H](c3cc(Cl)cc(Cl)c3)C2(Cl)Cl)ccc1Cl. The molecule has 11 heteroatoms. The topological polar surface area (TPSA) is 58.2 Å². The van der Waals surface area contributed by atoms with Gasteiger partial charge in [0, 0.05) is 21.7 Å². The summed E-state index contributed by atoms with van der Waals surface area (Å²) in [6, 6.07) is 8.89. The molecule has 3 rings (SSSR count). The molecule has 2 amide bonds. The number of halogens is 7. The maximum Gasteiger partial charge on any atom is 0.255 e. The maximum absolute atomic E-state index is 12.7. The molecule has 1 saturated carbocycles. The first-order valence-electron chi connectivity index (χ1n) is 8.51. The van der Waals surface area contributed by atoms with Crippen molar-refractivity contribution in [1.29, 1.82) is 0 Å². The first kappa shape index (κ1) is 23.4. The molecule has 2 atom stereocenters. The average molecular weight is 517 g/mol. The summed E-state index contributed by atoms with van der Waals surface area (Å²) in [5.74, 6) is -2.64. The Bertz CT molecular complexity index is 983. The molecule has 0 bridgehead atoms. The summed E-state index contributed by atoms with van der Waals surface area (Å²) in [4.78, 5) is 24.8. The zero-order valence-electron chi connectivity index (χ0n) is 14.9. The zero-order chi connectivity index (χ0) is 22.2. The molecule has 0 aliphatic heterocycles. The van der Waals surface area contributed by atoms with Gasteiger partial charge in [-0.15, -0.1) is 23.2 Å². The van der Waals surface area contributed by atoms with Crippen molar-refractivity contribution < 1.29 is 18.4 Å². The third-order valence-electron chi connectivity index (χ3n) is 4.48. The van der Waals surface area contributed by atoms with E-state index in [2.05, 4.69) is 10.6 Å². The highest BCUT2D eigenvalue weighted by Gasteiger charge is 2.67. The summed E-state index contributed by atoms with van der Waals surface area (Å²) in [6.07, 6.45) is -2.71. The zero-order valence-corrected chi connectivity index (χ0v) is 18.6. The monoisotopic (exact) mass is 514 g/mol. The normalized spacial score (nSPS) is 19.5. The van der Waals surface area contributed by atoms with Crippen LogP contribution in [0, 0.1) is 5.92 Å². The van der Waals surface area contributed by atoms with Gasteiger partial charge in [0.15, 0.2) is 0 Å². The highest BCUT2D eigenvalue weighted by atomic mass is 35.5. The van der Waals surface area contributed by atoms with Crippen LogP contribution in [0.4, 0.5) is 14.5 Å². The molecule has 30 heavy (non-hydrogen) atoms. The number of hydrogen-bond acceptors (Lipinski definition) is 2. The minimum Gasteiger partial charge on any atom is -0.346 e. The molecule has 2 N–H and O–H groups in total. The minimum atomic E-state index is -2.71. The molecule has 0 saturated heterocycles. The molecule has 2 aromatic rings. The van der Waals surface area contributed by atoms with Gasteiger partial charge < -0.3 is 10.6 Å². The minimum absolute atomic E-state index is 0.0432. The van der Waals surface area contributed by atoms with Crippen LogP contribution in [0.1, 0.15) is 21.8 Å². The summed E-state index contributed by atoms with van der Waals surface area (Å²) < 4.78 is 23.3. The number of anilines is 1. The number of nitrogens with one attached hydrogen (secondary N) is 2. The fraction of sp³-hybridized carbons (Fsp3) is 0.263. The Morgan fingerprint density at radius 3 is 2.27 bits per heavy atom. The Morgan fingerprint density at radius 1 is 1.03 bits per heavy atom. The number of carbonyl (C=O) groups excluding carboxylic acids is 2. The number of carbonyl (C=O) groups is 2. The van der Waals surface area contributed by atoms with Crippen LogP contribution in [-0.2, 0) is 4.79 Å². The predicted molar refractivity (Wildman–Crippen MR) is 116 cm³/mol. The number of hydrogen-bond donors (Lipinski definition) is 2. The maximum atomic E-state index is 12.7. The second-order valence-electron chi connectivity index (χ2n) is 6.62. The molecule has 0 unspecified atom stereocenters. The molecule has 4 nitrogen and oxygen atoms in total. The van der Waals surface area contributed by atoms with Crippen molar-refractivity contribution in [2.75, 3.05) is 11.9 Å². The lowest BCUT2D eigenvalue weighted by Gasteiger charge is -2.10. The quantitative estimate of drug-likeness (QED) is 0.452. The first-order valence-corrected chi connectivity index (χ1v) is 10.4. The van der Waals surface area contributed by atoms with Gasteiger partial charge in [0.2, 0.25) is 5.91 Å². The van der Waals surface area contributed by atoms with Crippen molar-refractivity contribution >= 4 is 75.5 Å². The van der Waals surface area contributed by atoms with Crippen molar-refractivity contribution in [1.82, 2.24) is 5.32 Å². The number of amides is 2. The summed E-state index contributed by atoms with van der Waals surface area (Å²) in [5.41, 5.74) is 0.776. The van der Waals surface area contributed by atoms with Crippen LogP contribution < -0.4 is 10.6 Å². The van der Waals surface area contributed by atoms with Crippen molar-refractivity contribution in [3.63, 3.8) is 0 Å². The van der Waals surface area contributed by atoms with E-state index >= 15 is 0 Å². The van der Waals surface area contributed by atoms with Gasteiger partial charge in [-0.25, -0.2) is 8.78 Å². The van der Waals surface area contributed by atoms with Crippen LogP contribution in [0.15, 0.2) is 36.4 Å². The molecule has 0 spiro atoms. The van der Waals surface area contributed by atoms with E-state index in [1.807, 2.05) is 0 Å². The van der Waals surface area contributed by atoms with Gasteiger partial charge in [-0.1, -0.05) is 34.8 Å². The Balaban J connectivity index is 1.76. The van der Waals surface area contributed by atoms with E-state index < -0.39 is 41.0 Å². The second-order valence-corrected chi connectivity index (χ2v) is 9.34. The van der Waals surface area contributed by atoms with Gasteiger partial charge in [-0.3, -0.25) is 9.59 Å². The summed E-state index contributed by atoms with van der Waals surface area (Å²) in [7, 11) is 0. The Kier molecular flexibility index (Phi) is 7.04. The van der Waals surface area contributed by atoms with Gasteiger partial charge in [0.1, 0.15) is 4.33 Å². The van der Waals surface area contributed by atoms with Gasteiger partial charge in [0.05, 0.1) is 23.0 Å². The summed E-state index contributed by atoms with van der Waals surface area (Å²) in [5, 5.41) is 5.47. The molecule has 1 aliphatic rings. The highest BCUT2D eigenvalue weighted by molar-refractivity contribution is 6.53. The fourth-order valence-corrected chi connectivity index (χ4v) is 4.66. The molecule has 1 aliphatic carbocycles. The Morgan fingerprint density at radius 2 is 1.67 bits per heavy atom. The van der Waals surface area contributed by atoms with Gasteiger partial charge in [-0.05, 0) is 42.0 Å². The predicted octanol–water partition coefficient (Wildman–Crippen LogP) is 6.17. The first-order chi connectivity index (χ1) is 14.0. The van der Waals surface area contributed by atoms with Crippen LogP contribution in [-0.4, -0.2) is 29.1 Å². The van der Waals surface area contributed by atoms with E-state index in [4.69, 9.17) is 58.0 Å². The lowest BCUT2D eigenvalue weighted by atomic mass is 10.1. The van der Waals surface area contributed by atoms with Gasteiger partial charge >= 0.3 is 0 Å². The van der Waals surface area contributed by atoms with E-state index in [1.54, 1.807) is 18.2 Å². The van der Waals surface area contributed by atoms with Crippen LogP contribution in [0.2, 0.25) is 15.1 Å². The molecule has 0 radical (unpaired) electrons. The molecular weight excluding hydrogens is 503 g/mol. The standard InChI is InChI=1S/C19H13Cl5F2N2O2/c20-9-3-8(4-10(21)5-9)15-16(19(15,23)24)18(30)28-11-1-2-13(22)12(6-11)17(29)27-7-14(25)26/h1-6,14-16H,7H2,(H,27,29)(H,28,30)/t15-,16+/m0/s1. The molecular formula is C19H13Cl5F2N2O2. The van der Waals surface area contributed by atoms with E-state index in [-0.39, 0.29) is 16.3 Å². The van der Waals surface area contributed by atoms with Crippen molar-refractivity contribution in [3.8, 4) is 0 Å². The van der Waals surface area contributed by atoms with Crippen molar-refractivity contribution in [3.05, 3.63) is 62.6 Å². The summed E-state index contributed by atoms with van der Waals surface area (Å²) >= 11 is 30.6. The van der Waals surface area contributed by atoms with E-state index in [1.165, 1.54) is 18.2 Å². The Hall–Kier alpha value is -1.31. The van der Waals surface area contributed by atoms with Crippen LogP contribution in [0.3, 0.4) is 0 Å².